The molecule has 0 spiro atoms. The van der Waals surface area contributed by atoms with Gasteiger partial charge in [0.1, 0.15) is 0 Å². The van der Waals surface area contributed by atoms with Crippen LogP contribution in [0.2, 0.25) is 0 Å². The molecule has 1 aromatic carbocycles. The predicted octanol–water partition coefficient (Wildman–Crippen LogP) is 4.49. The van der Waals surface area contributed by atoms with Crippen LogP contribution in [0.15, 0.2) is 30.3 Å². The van der Waals surface area contributed by atoms with Crippen molar-refractivity contribution in [3.8, 4) is 0 Å². The van der Waals surface area contributed by atoms with E-state index in [9.17, 15) is 0 Å². The third-order valence-electron chi connectivity index (χ3n) is 3.60. The monoisotopic (exact) mass is 260 g/mol. The fraction of sp³-hybridized carbons (Fsp3) is 0.611. The van der Waals surface area contributed by atoms with E-state index in [0.717, 1.165) is 31.3 Å². The van der Waals surface area contributed by atoms with Gasteiger partial charge in [0.05, 0.1) is 0 Å². The first kappa shape index (κ1) is 16.2. The molecular formula is C18H30N. The molecule has 1 nitrogen and oxygen atoms in total. The molecular weight excluding hydrogens is 230 g/mol. The molecule has 0 saturated carbocycles. The van der Waals surface area contributed by atoms with Crippen LogP contribution in [0.4, 0.5) is 0 Å². The van der Waals surface area contributed by atoms with E-state index in [1.54, 1.807) is 0 Å². The van der Waals surface area contributed by atoms with Crippen molar-refractivity contribution in [2.24, 2.45) is 11.8 Å². The summed E-state index contributed by atoms with van der Waals surface area (Å²) >= 11 is 0. The Morgan fingerprint density at radius 1 is 1.00 bits per heavy atom. The third kappa shape index (κ3) is 8.05. The molecule has 1 radical (unpaired) electrons. The second-order valence-corrected chi connectivity index (χ2v) is 5.92. The summed E-state index contributed by atoms with van der Waals surface area (Å²) < 4.78 is 0. The highest BCUT2D eigenvalue weighted by Gasteiger charge is 2.10. The summed E-state index contributed by atoms with van der Waals surface area (Å²) in [5, 5.41) is 3.48. The topological polar surface area (TPSA) is 12.0 Å². The zero-order valence-corrected chi connectivity index (χ0v) is 12.7. The maximum Gasteiger partial charge on any atom is -0.00462 e. The SMILES string of the molecule is [CH2]CCNCCC(CCC(C)C)Cc1ccccc1. The van der Waals surface area contributed by atoms with Crippen LogP contribution in [0.5, 0.6) is 0 Å². The molecule has 1 heteroatoms. The molecule has 1 atom stereocenters. The molecule has 0 aliphatic rings. The van der Waals surface area contributed by atoms with Crippen LogP contribution in [-0.4, -0.2) is 13.1 Å². The van der Waals surface area contributed by atoms with Crippen LogP contribution < -0.4 is 5.32 Å². The van der Waals surface area contributed by atoms with Gasteiger partial charge in [-0.3, -0.25) is 0 Å². The summed E-state index contributed by atoms with van der Waals surface area (Å²) in [6, 6.07) is 10.9. The second-order valence-electron chi connectivity index (χ2n) is 5.92. The van der Waals surface area contributed by atoms with Crippen LogP contribution in [0.25, 0.3) is 0 Å². The van der Waals surface area contributed by atoms with Gasteiger partial charge < -0.3 is 5.32 Å². The van der Waals surface area contributed by atoms with Crippen molar-refractivity contribution in [2.75, 3.05) is 13.1 Å². The zero-order chi connectivity index (χ0) is 13.9. The number of nitrogens with one attached hydrogen (secondary N) is 1. The first-order valence-electron chi connectivity index (χ1n) is 7.76. The van der Waals surface area contributed by atoms with E-state index in [2.05, 4.69) is 56.4 Å². The predicted molar refractivity (Wildman–Crippen MR) is 85.2 cm³/mol. The van der Waals surface area contributed by atoms with Crippen LogP contribution >= 0.6 is 0 Å². The molecule has 0 aromatic heterocycles. The van der Waals surface area contributed by atoms with Crippen LogP contribution in [0, 0.1) is 18.8 Å². The summed E-state index contributed by atoms with van der Waals surface area (Å²) in [5.74, 6) is 1.62. The Morgan fingerprint density at radius 3 is 2.37 bits per heavy atom. The van der Waals surface area contributed by atoms with Gasteiger partial charge in [-0.25, -0.2) is 0 Å². The molecule has 0 aliphatic carbocycles. The van der Waals surface area contributed by atoms with E-state index < -0.39 is 0 Å². The van der Waals surface area contributed by atoms with E-state index in [0.29, 0.717) is 0 Å². The van der Waals surface area contributed by atoms with Gasteiger partial charge in [0.2, 0.25) is 0 Å². The van der Waals surface area contributed by atoms with Gasteiger partial charge in [-0.05, 0) is 56.2 Å². The van der Waals surface area contributed by atoms with E-state index in [-0.39, 0.29) is 0 Å². The standard InChI is InChI=1S/C18H30N/c1-4-13-19-14-12-18(11-10-16(2)3)15-17-8-6-5-7-9-17/h5-9,16,18-19H,1,4,10-15H2,2-3H3. The summed E-state index contributed by atoms with van der Waals surface area (Å²) in [7, 11) is 0. The van der Waals surface area contributed by atoms with Crippen molar-refractivity contribution in [2.45, 2.75) is 46.0 Å². The first-order chi connectivity index (χ1) is 9.22. The quantitative estimate of drug-likeness (QED) is 0.611. The Bertz CT molecular complexity index is 305. The molecule has 1 rings (SSSR count). The molecule has 0 bridgehead atoms. The van der Waals surface area contributed by atoms with Crippen LogP contribution in [-0.2, 0) is 6.42 Å². The van der Waals surface area contributed by atoms with Gasteiger partial charge >= 0.3 is 0 Å². The fourth-order valence-electron chi connectivity index (χ4n) is 2.42. The molecule has 1 N–H and O–H groups in total. The summed E-state index contributed by atoms with van der Waals surface area (Å²) in [6.07, 6.45) is 6.17. The van der Waals surface area contributed by atoms with Crippen molar-refractivity contribution >= 4 is 0 Å². The molecule has 0 aliphatic heterocycles. The van der Waals surface area contributed by atoms with Crippen molar-refractivity contribution in [3.63, 3.8) is 0 Å². The van der Waals surface area contributed by atoms with E-state index in [1.807, 2.05) is 0 Å². The highest BCUT2D eigenvalue weighted by molar-refractivity contribution is 5.15. The lowest BCUT2D eigenvalue weighted by molar-refractivity contribution is 0.391. The van der Waals surface area contributed by atoms with Crippen molar-refractivity contribution in [1.82, 2.24) is 5.32 Å². The molecule has 0 amide bonds. The Morgan fingerprint density at radius 2 is 1.74 bits per heavy atom. The number of benzene rings is 1. The Hall–Kier alpha value is -0.820. The average Bonchev–Trinajstić information content (AvgIpc) is 2.41. The Kier molecular flexibility index (Phi) is 8.57. The molecule has 1 aromatic rings. The van der Waals surface area contributed by atoms with E-state index >= 15 is 0 Å². The third-order valence-corrected chi connectivity index (χ3v) is 3.60. The van der Waals surface area contributed by atoms with Crippen molar-refractivity contribution in [1.29, 1.82) is 0 Å². The van der Waals surface area contributed by atoms with Crippen LogP contribution in [0.1, 0.15) is 45.1 Å². The normalized spacial score (nSPS) is 12.8. The lowest BCUT2D eigenvalue weighted by atomic mass is 9.89. The minimum atomic E-state index is 0.808. The smallest absolute Gasteiger partial charge is 0.00462 e. The lowest BCUT2D eigenvalue weighted by Gasteiger charge is -2.18. The van der Waals surface area contributed by atoms with Gasteiger partial charge in [0, 0.05) is 0 Å². The summed E-state index contributed by atoms with van der Waals surface area (Å²) in [5.41, 5.74) is 1.48. The summed E-state index contributed by atoms with van der Waals surface area (Å²) in [6.45, 7) is 10.7. The number of hydrogen-bond donors (Lipinski definition) is 1. The largest absolute Gasteiger partial charge is 0.317 e. The Labute approximate surface area is 119 Å². The van der Waals surface area contributed by atoms with Gasteiger partial charge in [-0.2, -0.15) is 0 Å². The molecule has 107 valence electrons. The highest BCUT2D eigenvalue weighted by atomic mass is 14.8. The molecule has 0 saturated heterocycles. The average molecular weight is 260 g/mol. The van der Waals surface area contributed by atoms with Gasteiger partial charge in [0.25, 0.3) is 0 Å². The summed E-state index contributed by atoms with van der Waals surface area (Å²) in [4.78, 5) is 0. The van der Waals surface area contributed by atoms with Crippen molar-refractivity contribution < 1.29 is 0 Å². The molecule has 19 heavy (non-hydrogen) atoms. The van der Waals surface area contributed by atoms with Gasteiger partial charge in [0.15, 0.2) is 0 Å². The van der Waals surface area contributed by atoms with Gasteiger partial charge in [-0.15, -0.1) is 0 Å². The molecule has 0 fully saturated rings. The zero-order valence-electron chi connectivity index (χ0n) is 12.7. The van der Waals surface area contributed by atoms with Gasteiger partial charge in [-0.1, -0.05) is 57.5 Å². The number of hydrogen-bond acceptors (Lipinski definition) is 1. The maximum absolute atomic E-state index is 3.87. The maximum atomic E-state index is 3.87. The molecule has 0 heterocycles. The van der Waals surface area contributed by atoms with Crippen LogP contribution in [0.3, 0.4) is 0 Å². The van der Waals surface area contributed by atoms with E-state index in [1.165, 1.54) is 31.2 Å². The molecule has 1 unspecified atom stereocenters. The number of rotatable bonds is 10. The minimum absolute atomic E-state index is 0.808. The highest BCUT2D eigenvalue weighted by Crippen LogP contribution is 2.20. The van der Waals surface area contributed by atoms with E-state index in [4.69, 9.17) is 0 Å². The minimum Gasteiger partial charge on any atom is -0.317 e. The second kappa shape index (κ2) is 10.0. The van der Waals surface area contributed by atoms with Crippen molar-refractivity contribution in [3.05, 3.63) is 42.8 Å². The Balaban J connectivity index is 2.39. The lowest BCUT2D eigenvalue weighted by Crippen LogP contribution is -2.20. The fourth-order valence-corrected chi connectivity index (χ4v) is 2.42. The first-order valence-corrected chi connectivity index (χ1v) is 7.76.